The summed E-state index contributed by atoms with van der Waals surface area (Å²) in [4.78, 5) is 28.6. The van der Waals surface area contributed by atoms with Gasteiger partial charge in [-0.25, -0.2) is 13.9 Å². The Labute approximate surface area is 214 Å². The number of aromatic nitrogens is 3. The number of hydrogen-bond acceptors (Lipinski definition) is 6. The van der Waals surface area contributed by atoms with Crippen LogP contribution in [0.1, 0.15) is 42.4 Å². The maximum atomic E-state index is 13.6. The molecule has 3 aromatic rings. The molecule has 1 N–H and O–H groups in total. The van der Waals surface area contributed by atoms with Gasteiger partial charge in [-0.2, -0.15) is 0 Å². The lowest BCUT2D eigenvalue weighted by molar-refractivity contribution is 0.0141. The molecule has 0 unspecified atom stereocenters. The monoisotopic (exact) mass is 504 g/mol. The van der Waals surface area contributed by atoms with Gasteiger partial charge in [0.05, 0.1) is 11.9 Å². The molecule has 0 radical (unpaired) electrons. The van der Waals surface area contributed by atoms with E-state index in [1.165, 1.54) is 12.1 Å². The van der Waals surface area contributed by atoms with Gasteiger partial charge >= 0.3 is 6.09 Å². The molecule has 3 heterocycles. The van der Waals surface area contributed by atoms with Crippen LogP contribution >= 0.6 is 0 Å². The van der Waals surface area contributed by atoms with E-state index in [0.717, 1.165) is 22.5 Å². The molecule has 10 heteroatoms. The van der Waals surface area contributed by atoms with E-state index in [1.807, 2.05) is 45.2 Å². The molecule has 5 rings (SSSR count). The number of fused-ring (bicyclic) bond motifs is 1. The number of rotatable bonds is 3. The molecule has 9 nitrogen and oxygen atoms in total. The topological polar surface area (TPSA) is 92.6 Å². The summed E-state index contributed by atoms with van der Waals surface area (Å²) in [5, 5.41) is 11.8. The number of benzene rings is 2. The number of piperazine rings is 1. The minimum atomic E-state index is -0.550. The Morgan fingerprint density at radius 1 is 1.00 bits per heavy atom. The molecule has 2 aliphatic heterocycles. The Morgan fingerprint density at radius 2 is 1.70 bits per heavy atom. The van der Waals surface area contributed by atoms with Gasteiger partial charge in [0, 0.05) is 55.1 Å². The lowest BCUT2D eigenvalue weighted by Crippen LogP contribution is -2.51. The second-order valence-corrected chi connectivity index (χ2v) is 10.1. The fourth-order valence-corrected chi connectivity index (χ4v) is 4.30. The van der Waals surface area contributed by atoms with Gasteiger partial charge in [0.25, 0.3) is 5.91 Å². The summed E-state index contributed by atoms with van der Waals surface area (Å²) < 4.78 is 20.7. The molecule has 2 amide bonds. The molecule has 2 aromatic carbocycles. The first-order chi connectivity index (χ1) is 17.7. The number of nitrogens with one attached hydrogen (secondary N) is 1. The Kier molecular flexibility index (Phi) is 6.41. The first-order valence-electron chi connectivity index (χ1n) is 12.2. The summed E-state index contributed by atoms with van der Waals surface area (Å²) in [6, 6.07) is 11.8. The van der Waals surface area contributed by atoms with Gasteiger partial charge in [0.2, 0.25) is 0 Å². The van der Waals surface area contributed by atoms with Crippen LogP contribution in [0.2, 0.25) is 0 Å². The first-order valence-corrected chi connectivity index (χ1v) is 12.2. The van der Waals surface area contributed by atoms with E-state index < -0.39 is 5.60 Å². The number of ether oxygens (including phenoxy) is 1. The van der Waals surface area contributed by atoms with Crippen LogP contribution in [0.15, 0.2) is 48.7 Å². The molecule has 0 atom stereocenters. The van der Waals surface area contributed by atoms with Crippen LogP contribution in [0.25, 0.3) is 17.3 Å². The summed E-state index contributed by atoms with van der Waals surface area (Å²) in [7, 11) is 0. The third kappa shape index (κ3) is 5.47. The molecule has 1 aromatic heterocycles. The maximum Gasteiger partial charge on any atom is 0.410 e. The van der Waals surface area contributed by atoms with Crippen molar-refractivity contribution in [1.29, 1.82) is 0 Å². The number of carbonyl (C=O) groups is 2. The van der Waals surface area contributed by atoms with Crippen molar-refractivity contribution in [1.82, 2.24) is 24.8 Å². The van der Waals surface area contributed by atoms with E-state index >= 15 is 0 Å². The van der Waals surface area contributed by atoms with Crippen LogP contribution in [-0.2, 0) is 4.74 Å². The van der Waals surface area contributed by atoms with Crippen molar-refractivity contribution in [2.75, 3.05) is 38.0 Å². The zero-order valence-corrected chi connectivity index (χ0v) is 21.1. The van der Waals surface area contributed by atoms with Crippen LogP contribution in [0.4, 0.5) is 14.9 Å². The third-order valence-electron chi connectivity index (χ3n) is 6.23. The predicted molar refractivity (Wildman–Crippen MR) is 138 cm³/mol. The van der Waals surface area contributed by atoms with Crippen molar-refractivity contribution in [2.45, 2.75) is 26.4 Å². The minimum Gasteiger partial charge on any atom is -0.444 e. The van der Waals surface area contributed by atoms with Crippen LogP contribution in [-0.4, -0.2) is 75.1 Å². The molecular weight excluding hydrogens is 475 g/mol. The highest BCUT2D eigenvalue weighted by atomic mass is 19.1. The molecule has 1 fully saturated rings. The van der Waals surface area contributed by atoms with E-state index in [-0.39, 0.29) is 17.8 Å². The fraction of sp³-hybridized carbons (Fsp3) is 0.333. The predicted octanol–water partition coefficient (Wildman–Crippen LogP) is 4.07. The van der Waals surface area contributed by atoms with Crippen LogP contribution < -0.4 is 5.32 Å². The van der Waals surface area contributed by atoms with Gasteiger partial charge in [-0.15, -0.1) is 5.10 Å². The average Bonchev–Trinajstić information content (AvgIpc) is 3.37. The minimum absolute atomic E-state index is 0.0843. The molecule has 192 valence electrons. The van der Waals surface area contributed by atoms with Crippen molar-refractivity contribution in [3.8, 4) is 5.69 Å². The second-order valence-electron chi connectivity index (χ2n) is 10.1. The Morgan fingerprint density at radius 3 is 2.41 bits per heavy atom. The van der Waals surface area contributed by atoms with Crippen LogP contribution in [0.5, 0.6) is 0 Å². The van der Waals surface area contributed by atoms with Crippen molar-refractivity contribution < 1.29 is 18.7 Å². The zero-order chi connectivity index (χ0) is 26.2. The number of nitrogens with zero attached hydrogens (tertiary/aromatic N) is 5. The van der Waals surface area contributed by atoms with Crippen molar-refractivity contribution in [3.63, 3.8) is 0 Å². The maximum absolute atomic E-state index is 13.6. The fourth-order valence-electron chi connectivity index (χ4n) is 4.30. The van der Waals surface area contributed by atoms with Gasteiger partial charge in [-0.3, -0.25) is 4.79 Å². The number of carbonyl (C=O) groups excluding carboxylic acids is 2. The molecule has 37 heavy (non-hydrogen) atoms. The SMILES string of the molecule is CC(C)(C)OC(=O)N1CCN(C(=O)c2ccc(-n3cc(C4=Cc5cc(F)ccc5NC4)nn3)cc2)CC1. The Bertz CT molecular complexity index is 1350. The van der Waals surface area contributed by atoms with Gasteiger partial charge in [0.1, 0.15) is 17.1 Å². The van der Waals surface area contributed by atoms with Crippen molar-refractivity contribution >= 4 is 29.3 Å². The highest BCUT2D eigenvalue weighted by Crippen LogP contribution is 2.28. The molecule has 0 aliphatic carbocycles. The quantitative estimate of drug-likeness (QED) is 0.578. The number of halogens is 1. The van der Waals surface area contributed by atoms with Crippen LogP contribution in [0, 0.1) is 5.82 Å². The lowest BCUT2D eigenvalue weighted by Gasteiger charge is -2.35. The van der Waals surface area contributed by atoms with E-state index in [4.69, 9.17) is 4.74 Å². The van der Waals surface area contributed by atoms with E-state index in [2.05, 4.69) is 15.6 Å². The Balaban J connectivity index is 1.22. The Hall–Kier alpha value is -4.21. The first kappa shape index (κ1) is 24.5. The van der Waals surface area contributed by atoms with Crippen LogP contribution in [0.3, 0.4) is 0 Å². The average molecular weight is 505 g/mol. The summed E-state index contributed by atoms with van der Waals surface area (Å²) in [6.07, 6.45) is 3.37. The lowest BCUT2D eigenvalue weighted by atomic mass is 10.0. The molecule has 0 saturated carbocycles. The van der Waals surface area contributed by atoms with Gasteiger partial charge in [-0.05, 0) is 69.3 Å². The summed E-state index contributed by atoms with van der Waals surface area (Å²) in [6.45, 7) is 7.82. The highest BCUT2D eigenvalue weighted by Gasteiger charge is 2.28. The van der Waals surface area contributed by atoms with E-state index in [0.29, 0.717) is 44.0 Å². The van der Waals surface area contributed by atoms with Gasteiger partial charge in [0.15, 0.2) is 0 Å². The van der Waals surface area contributed by atoms with Crippen molar-refractivity contribution in [2.24, 2.45) is 0 Å². The summed E-state index contributed by atoms with van der Waals surface area (Å²) in [5.41, 5.74) is 4.02. The molecule has 0 bridgehead atoms. The molecule has 0 spiro atoms. The van der Waals surface area contributed by atoms with Gasteiger partial charge < -0.3 is 19.9 Å². The molecule has 2 aliphatic rings. The summed E-state index contributed by atoms with van der Waals surface area (Å²) in [5.74, 6) is -0.375. The van der Waals surface area contributed by atoms with E-state index in [1.54, 1.807) is 32.7 Å². The van der Waals surface area contributed by atoms with E-state index in [9.17, 15) is 14.0 Å². The third-order valence-corrected chi connectivity index (χ3v) is 6.23. The normalized spacial score (nSPS) is 15.5. The number of hydrogen-bond donors (Lipinski definition) is 1. The number of amides is 2. The standard InChI is InChI=1S/C27H29FN6O3/c1-27(2,3)37-26(36)33-12-10-32(11-13-33)25(35)18-4-7-22(8-5-18)34-17-24(30-31-34)20-14-19-15-21(28)6-9-23(19)29-16-20/h4-9,14-15,17,29H,10-13,16H2,1-3H3. The highest BCUT2D eigenvalue weighted by molar-refractivity contribution is 5.94. The zero-order valence-electron chi connectivity index (χ0n) is 21.1. The number of anilines is 1. The van der Waals surface area contributed by atoms with Crippen molar-refractivity contribution in [3.05, 3.63) is 71.3 Å². The van der Waals surface area contributed by atoms with Gasteiger partial charge in [-0.1, -0.05) is 5.21 Å². The smallest absolute Gasteiger partial charge is 0.410 e. The second kappa shape index (κ2) is 9.68. The molecule has 1 saturated heterocycles. The molecular formula is C27H29FN6O3. The largest absolute Gasteiger partial charge is 0.444 e. The summed E-state index contributed by atoms with van der Waals surface area (Å²) >= 11 is 0.